The molecule has 0 bridgehead atoms. The Morgan fingerprint density at radius 2 is 2.00 bits per heavy atom. The van der Waals surface area contributed by atoms with Crippen molar-refractivity contribution in [2.45, 2.75) is 39.2 Å². The molecule has 1 aliphatic carbocycles. The van der Waals surface area contributed by atoms with Crippen LogP contribution in [-0.4, -0.2) is 6.54 Å². The molecular formula is C16H21FN2. The van der Waals surface area contributed by atoms with Gasteiger partial charge in [-0.25, -0.2) is 4.39 Å². The predicted molar refractivity (Wildman–Crippen MR) is 73.9 cm³/mol. The topological polar surface area (TPSA) is 35.8 Å². The van der Waals surface area contributed by atoms with Crippen molar-refractivity contribution in [1.29, 1.82) is 5.26 Å². The standard InChI is InChI=1S/C16H21FN2/c1-12-2-4-13(5-3-12)10-19-11-15-6-14(9-18)7-16(17)8-15/h6-8,12-13,19H,2-5,10-11H2,1H3. The van der Waals surface area contributed by atoms with Crippen LogP contribution in [0.3, 0.4) is 0 Å². The van der Waals surface area contributed by atoms with Gasteiger partial charge in [0, 0.05) is 6.54 Å². The van der Waals surface area contributed by atoms with Gasteiger partial charge in [-0.2, -0.15) is 5.26 Å². The van der Waals surface area contributed by atoms with Crippen LogP contribution in [0.25, 0.3) is 0 Å². The first kappa shape index (κ1) is 14.0. The zero-order chi connectivity index (χ0) is 13.7. The highest BCUT2D eigenvalue weighted by molar-refractivity contribution is 5.33. The van der Waals surface area contributed by atoms with Crippen LogP contribution in [0.1, 0.15) is 43.7 Å². The lowest BCUT2D eigenvalue weighted by Gasteiger charge is -2.26. The lowest BCUT2D eigenvalue weighted by atomic mass is 9.83. The number of nitrogens with one attached hydrogen (secondary N) is 1. The van der Waals surface area contributed by atoms with E-state index in [-0.39, 0.29) is 5.82 Å². The minimum Gasteiger partial charge on any atom is -0.312 e. The van der Waals surface area contributed by atoms with E-state index in [2.05, 4.69) is 12.2 Å². The smallest absolute Gasteiger partial charge is 0.124 e. The number of hydrogen-bond acceptors (Lipinski definition) is 2. The SMILES string of the molecule is CC1CCC(CNCc2cc(F)cc(C#N)c2)CC1. The summed E-state index contributed by atoms with van der Waals surface area (Å²) in [7, 11) is 0. The van der Waals surface area contributed by atoms with Crippen molar-refractivity contribution in [3.63, 3.8) is 0 Å². The Hall–Kier alpha value is -1.40. The minimum absolute atomic E-state index is 0.331. The highest BCUT2D eigenvalue weighted by Crippen LogP contribution is 2.27. The fourth-order valence-corrected chi connectivity index (χ4v) is 2.77. The first-order valence-corrected chi connectivity index (χ1v) is 7.07. The maximum atomic E-state index is 13.3. The quantitative estimate of drug-likeness (QED) is 0.897. The van der Waals surface area contributed by atoms with Crippen molar-refractivity contribution in [2.24, 2.45) is 11.8 Å². The second-order valence-electron chi connectivity index (χ2n) is 5.72. The summed E-state index contributed by atoms with van der Waals surface area (Å²) >= 11 is 0. The Kier molecular flexibility index (Phi) is 4.93. The monoisotopic (exact) mass is 260 g/mol. The molecule has 0 saturated heterocycles. The van der Waals surface area contributed by atoms with Crippen LogP contribution in [0.5, 0.6) is 0 Å². The van der Waals surface area contributed by atoms with Crippen molar-refractivity contribution < 1.29 is 4.39 Å². The fraction of sp³-hybridized carbons (Fsp3) is 0.562. The van der Waals surface area contributed by atoms with Crippen LogP contribution in [0.15, 0.2) is 18.2 Å². The van der Waals surface area contributed by atoms with Gasteiger partial charge in [-0.3, -0.25) is 0 Å². The average molecular weight is 260 g/mol. The summed E-state index contributed by atoms with van der Waals surface area (Å²) in [5, 5.41) is 12.2. The van der Waals surface area contributed by atoms with Gasteiger partial charge in [-0.1, -0.05) is 19.8 Å². The molecule has 0 aromatic heterocycles. The summed E-state index contributed by atoms with van der Waals surface area (Å²) in [4.78, 5) is 0. The van der Waals surface area contributed by atoms with Crippen LogP contribution in [0, 0.1) is 29.0 Å². The average Bonchev–Trinajstić information content (AvgIpc) is 2.40. The van der Waals surface area contributed by atoms with Gasteiger partial charge in [0.2, 0.25) is 0 Å². The lowest BCUT2D eigenvalue weighted by molar-refractivity contribution is 0.281. The van der Waals surface area contributed by atoms with E-state index >= 15 is 0 Å². The van der Waals surface area contributed by atoms with Gasteiger partial charge in [-0.15, -0.1) is 0 Å². The molecule has 0 heterocycles. The first-order valence-electron chi connectivity index (χ1n) is 7.07. The largest absolute Gasteiger partial charge is 0.312 e. The summed E-state index contributed by atoms with van der Waals surface area (Å²) in [6, 6.07) is 6.50. The van der Waals surface area contributed by atoms with E-state index in [9.17, 15) is 4.39 Å². The molecule has 0 radical (unpaired) electrons. The van der Waals surface area contributed by atoms with Crippen molar-refractivity contribution in [1.82, 2.24) is 5.32 Å². The van der Waals surface area contributed by atoms with Crippen LogP contribution in [-0.2, 0) is 6.54 Å². The highest BCUT2D eigenvalue weighted by Gasteiger charge is 2.17. The molecule has 19 heavy (non-hydrogen) atoms. The summed E-state index contributed by atoms with van der Waals surface area (Å²) in [6.45, 7) is 3.95. The molecule has 0 unspecified atom stereocenters. The highest BCUT2D eigenvalue weighted by atomic mass is 19.1. The maximum Gasteiger partial charge on any atom is 0.124 e. The Morgan fingerprint density at radius 3 is 2.68 bits per heavy atom. The van der Waals surface area contributed by atoms with E-state index in [0.29, 0.717) is 12.1 Å². The molecule has 0 atom stereocenters. The molecule has 1 N–H and O–H groups in total. The molecule has 102 valence electrons. The third-order valence-electron chi connectivity index (χ3n) is 3.98. The fourth-order valence-electron chi connectivity index (χ4n) is 2.77. The molecule has 1 fully saturated rings. The summed E-state index contributed by atoms with van der Waals surface area (Å²) in [5.41, 5.74) is 1.24. The Morgan fingerprint density at radius 1 is 1.26 bits per heavy atom. The van der Waals surface area contributed by atoms with E-state index in [4.69, 9.17) is 5.26 Å². The molecule has 0 aliphatic heterocycles. The number of halogens is 1. The second kappa shape index (κ2) is 6.68. The Labute approximate surface area is 114 Å². The van der Waals surface area contributed by atoms with Gasteiger partial charge in [0.1, 0.15) is 5.82 Å². The normalized spacial score (nSPS) is 23.0. The zero-order valence-corrected chi connectivity index (χ0v) is 11.5. The number of rotatable bonds is 4. The molecular weight excluding hydrogens is 239 g/mol. The number of benzene rings is 1. The van der Waals surface area contributed by atoms with Crippen LogP contribution >= 0.6 is 0 Å². The van der Waals surface area contributed by atoms with Crippen molar-refractivity contribution >= 4 is 0 Å². The van der Waals surface area contributed by atoms with Gasteiger partial charge in [0.05, 0.1) is 11.6 Å². The van der Waals surface area contributed by atoms with E-state index in [1.54, 1.807) is 6.07 Å². The zero-order valence-electron chi connectivity index (χ0n) is 11.5. The Bertz CT molecular complexity index is 456. The van der Waals surface area contributed by atoms with E-state index < -0.39 is 0 Å². The minimum atomic E-state index is -0.331. The number of nitrogens with zero attached hydrogens (tertiary/aromatic N) is 1. The van der Waals surface area contributed by atoms with E-state index in [1.165, 1.54) is 37.8 Å². The molecule has 1 aromatic carbocycles. The van der Waals surface area contributed by atoms with Gasteiger partial charge >= 0.3 is 0 Å². The third kappa shape index (κ3) is 4.33. The predicted octanol–water partition coefficient (Wildman–Crippen LogP) is 3.61. The maximum absolute atomic E-state index is 13.3. The van der Waals surface area contributed by atoms with Gasteiger partial charge in [-0.05, 0) is 55.0 Å². The molecule has 1 aliphatic rings. The molecule has 2 rings (SSSR count). The molecule has 1 aromatic rings. The molecule has 1 saturated carbocycles. The number of hydrogen-bond donors (Lipinski definition) is 1. The lowest BCUT2D eigenvalue weighted by Crippen LogP contribution is -2.25. The van der Waals surface area contributed by atoms with E-state index in [0.717, 1.165) is 23.9 Å². The van der Waals surface area contributed by atoms with Crippen molar-refractivity contribution in [2.75, 3.05) is 6.54 Å². The van der Waals surface area contributed by atoms with Gasteiger partial charge < -0.3 is 5.32 Å². The van der Waals surface area contributed by atoms with Gasteiger partial charge in [0.25, 0.3) is 0 Å². The summed E-state index contributed by atoms with van der Waals surface area (Å²) in [5.74, 6) is 1.29. The first-order chi connectivity index (χ1) is 9.17. The van der Waals surface area contributed by atoms with Crippen molar-refractivity contribution in [3.05, 3.63) is 35.1 Å². The molecule has 0 amide bonds. The van der Waals surface area contributed by atoms with Crippen LogP contribution in [0.2, 0.25) is 0 Å². The third-order valence-corrected chi connectivity index (χ3v) is 3.98. The van der Waals surface area contributed by atoms with Crippen LogP contribution in [0.4, 0.5) is 4.39 Å². The molecule has 2 nitrogen and oxygen atoms in total. The molecule has 0 spiro atoms. The van der Waals surface area contributed by atoms with Gasteiger partial charge in [0.15, 0.2) is 0 Å². The second-order valence-corrected chi connectivity index (χ2v) is 5.72. The number of nitriles is 1. The molecule has 3 heteroatoms. The van der Waals surface area contributed by atoms with Crippen LogP contribution < -0.4 is 5.32 Å². The Balaban J connectivity index is 1.79. The van der Waals surface area contributed by atoms with E-state index in [1.807, 2.05) is 6.07 Å². The summed E-state index contributed by atoms with van der Waals surface area (Å²) in [6.07, 6.45) is 5.23. The summed E-state index contributed by atoms with van der Waals surface area (Å²) < 4.78 is 13.3. The van der Waals surface area contributed by atoms with Crippen molar-refractivity contribution in [3.8, 4) is 6.07 Å².